The van der Waals surface area contributed by atoms with Crippen LogP contribution in [0.25, 0.3) is 0 Å². The van der Waals surface area contributed by atoms with Crippen molar-refractivity contribution in [2.24, 2.45) is 10.9 Å². The molecule has 0 radical (unpaired) electrons. The van der Waals surface area contributed by atoms with Gasteiger partial charge in [-0.25, -0.2) is 4.39 Å². The Labute approximate surface area is 150 Å². The number of carbonyl (C=O) groups is 1. The molecular weight excluding hydrogens is 319 g/mol. The standard InChI is InChI=1S/C19H31FN4O/c1-4-21-19(23-11-5-6-15(2)3)24-13-12-22-18(25)14-16-7-9-17(20)10-8-16/h7-10,15H,4-6,11-14H2,1-3H3,(H,22,25)(H2,21,23,24). The average Bonchev–Trinajstić information content (AvgIpc) is 2.57. The molecule has 6 heteroatoms. The molecule has 1 rings (SSSR count). The summed E-state index contributed by atoms with van der Waals surface area (Å²) in [5.41, 5.74) is 0.798. The van der Waals surface area contributed by atoms with E-state index in [4.69, 9.17) is 0 Å². The number of nitrogens with one attached hydrogen (secondary N) is 3. The van der Waals surface area contributed by atoms with Crippen molar-refractivity contribution in [3.63, 3.8) is 0 Å². The third-order valence-electron chi connectivity index (χ3n) is 3.57. The molecule has 1 aromatic carbocycles. The van der Waals surface area contributed by atoms with Crippen LogP contribution < -0.4 is 16.0 Å². The zero-order valence-corrected chi connectivity index (χ0v) is 15.6. The second-order valence-corrected chi connectivity index (χ2v) is 6.38. The number of carbonyl (C=O) groups excluding carboxylic acids is 1. The van der Waals surface area contributed by atoms with E-state index in [1.807, 2.05) is 6.92 Å². The molecule has 0 saturated heterocycles. The van der Waals surface area contributed by atoms with Crippen molar-refractivity contribution >= 4 is 11.9 Å². The molecule has 1 amide bonds. The van der Waals surface area contributed by atoms with Gasteiger partial charge >= 0.3 is 0 Å². The van der Waals surface area contributed by atoms with Gasteiger partial charge in [0.05, 0.1) is 6.42 Å². The molecule has 0 aliphatic rings. The summed E-state index contributed by atoms with van der Waals surface area (Å²) in [5.74, 6) is 1.10. The molecule has 140 valence electrons. The SMILES string of the molecule is CCNC(=NCCCC(C)C)NCCNC(=O)Cc1ccc(F)cc1. The van der Waals surface area contributed by atoms with Crippen LogP contribution in [0, 0.1) is 11.7 Å². The van der Waals surface area contributed by atoms with Gasteiger partial charge in [-0.15, -0.1) is 0 Å². The molecule has 0 spiro atoms. The van der Waals surface area contributed by atoms with Gasteiger partial charge in [0.2, 0.25) is 5.91 Å². The molecule has 0 aliphatic heterocycles. The van der Waals surface area contributed by atoms with Crippen molar-refractivity contribution in [1.29, 1.82) is 0 Å². The first kappa shape index (κ1) is 20.9. The van der Waals surface area contributed by atoms with Crippen molar-refractivity contribution in [3.8, 4) is 0 Å². The van der Waals surface area contributed by atoms with E-state index < -0.39 is 0 Å². The fraction of sp³-hybridized carbons (Fsp3) is 0.579. The van der Waals surface area contributed by atoms with Crippen molar-refractivity contribution in [2.75, 3.05) is 26.2 Å². The first-order valence-electron chi connectivity index (χ1n) is 9.04. The van der Waals surface area contributed by atoms with E-state index >= 15 is 0 Å². The number of aliphatic imine (C=N–C) groups is 1. The zero-order chi connectivity index (χ0) is 18.5. The van der Waals surface area contributed by atoms with Crippen molar-refractivity contribution < 1.29 is 9.18 Å². The highest BCUT2D eigenvalue weighted by molar-refractivity contribution is 5.80. The first-order chi connectivity index (χ1) is 12.0. The highest BCUT2D eigenvalue weighted by atomic mass is 19.1. The minimum atomic E-state index is -0.294. The van der Waals surface area contributed by atoms with Crippen LogP contribution in [0.5, 0.6) is 0 Å². The van der Waals surface area contributed by atoms with Gasteiger partial charge < -0.3 is 16.0 Å². The lowest BCUT2D eigenvalue weighted by Crippen LogP contribution is -2.41. The lowest BCUT2D eigenvalue weighted by Gasteiger charge is -2.12. The molecule has 25 heavy (non-hydrogen) atoms. The van der Waals surface area contributed by atoms with E-state index in [0.717, 1.165) is 31.0 Å². The summed E-state index contributed by atoms with van der Waals surface area (Å²) < 4.78 is 12.8. The van der Waals surface area contributed by atoms with Gasteiger partial charge in [-0.1, -0.05) is 26.0 Å². The Morgan fingerprint density at radius 3 is 2.44 bits per heavy atom. The molecule has 0 heterocycles. The zero-order valence-electron chi connectivity index (χ0n) is 15.6. The van der Waals surface area contributed by atoms with Crippen molar-refractivity contribution in [2.45, 2.75) is 40.0 Å². The van der Waals surface area contributed by atoms with E-state index in [2.05, 4.69) is 34.8 Å². The number of nitrogens with zero attached hydrogens (tertiary/aromatic N) is 1. The monoisotopic (exact) mass is 350 g/mol. The Morgan fingerprint density at radius 2 is 1.80 bits per heavy atom. The van der Waals surface area contributed by atoms with Gasteiger partial charge in [0, 0.05) is 26.2 Å². The van der Waals surface area contributed by atoms with Crippen LogP contribution in [0.15, 0.2) is 29.3 Å². The molecule has 3 N–H and O–H groups in total. The molecule has 0 fully saturated rings. The maximum atomic E-state index is 12.8. The van der Waals surface area contributed by atoms with Gasteiger partial charge in [-0.05, 0) is 43.4 Å². The van der Waals surface area contributed by atoms with Gasteiger partial charge in [0.1, 0.15) is 5.82 Å². The van der Waals surface area contributed by atoms with Crippen LogP contribution in [0.2, 0.25) is 0 Å². The van der Waals surface area contributed by atoms with Crippen molar-refractivity contribution in [1.82, 2.24) is 16.0 Å². The second-order valence-electron chi connectivity index (χ2n) is 6.38. The maximum Gasteiger partial charge on any atom is 0.224 e. The van der Waals surface area contributed by atoms with E-state index in [9.17, 15) is 9.18 Å². The van der Waals surface area contributed by atoms with E-state index in [-0.39, 0.29) is 18.1 Å². The Balaban J connectivity index is 2.24. The van der Waals surface area contributed by atoms with Crippen LogP contribution in [0.1, 0.15) is 39.2 Å². The minimum Gasteiger partial charge on any atom is -0.357 e. The normalized spacial score (nSPS) is 11.5. The summed E-state index contributed by atoms with van der Waals surface area (Å²) in [6.45, 7) is 9.15. The number of hydrogen-bond donors (Lipinski definition) is 3. The highest BCUT2D eigenvalue weighted by Crippen LogP contribution is 2.03. The summed E-state index contributed by atoms with van der Waals surface area (Å²) in [6, 6.07) is 5.98. The number of guanidine groups is 1. The van der Waals surface area contributed by atoms with E-state index in [1.54, 1.807) is 12.1 Å². The Morgan fingerprint density at radius 1 is 1.12 bits per heavy atom. The fourth-order valence-corrected chi connectivity index (χ4v) is 2.27. The smallest absolute Gasteiger partial charge is 0.224 e. The molecular formula is C19H31FN4O. The Bertz CT molecular complexity index is 529. The molecule has 1 aromatic rings. The maximum absolute atomic E-state index is 12.8. The van der Waals surface area contributed by atoms with Gasteiger partial charge in [0.25, 0.3) is 0 Å². The first-order valence-corrected chi connectivity index (χ1v) is 9.04. The number of rotatable bonds is 10. The van der Waals surface area contributed by atoms with Crippen LogP contribution in [0.3, 0.4) is 0 Å². The topological polar surface area (TPSA) is 65.5 Å². The van der Waals surface area contributed by atoms with Gasteiger partial charge in [-0.2, -0.15) is 0 Å². The van der Waals surface area contributed by atoms with Gasteiger partial charge in [0.15, 0.2) is 5.96 Å². The summed E-state index contributed by atoms with van der Waals surface area (Å²) in [6.07, 6.45) is 2.49. The Hall–Kier alpha value is -2.11. The molecule has 0 atom stereocenters. The summed E-state index contributed by atoms with van der Waals surface area (Å²) in [5, 5.41) is 9.25. The van der Waals surface area contributed by atoms with Crippen LogP contribution in [-0.2, 0) is 11.2 Å². The fourth-order valence-electron chi connectivity index (χ4n) is 2.27. The van der Waals surface area contributed by atoms with Crippen molar-refractivity contribution in [3.05, 3.63) is 35.6 Å². The number of halogens is 1. The predicted molar refractivity (Wildman–Crippen MR) is 101 cm³/mol. The molecule has 0 bridgehead atoms. The van der Waals surface area contributed by atoms with E-state index in [0.29, 0.717) is 19.0 Å². The third-order valence-corrected chi connectivity index (χ3v) is 3.57. The predicted octanol–water partition coefficient (Wildman–Crippen LogP) is 2.48. The lowest BCUT2D eigenvalue weighted by molar-refractivity contribution is -0.120. The average molecular weight is 350 g/mol. The molecule has 0 unspecified atom stereocenters. The molecule has 0 saturated carbocycles. The Kier molecular flexibility index (Phi) is 10.3. The lowest BCUT2D eigenvalue weighted by atomic mass is 10.1. The summed E-state index contributed by atoms with van der Waals surface area (Å²) in [7, 11) is 0. The van der Waals surface area contributed by atoms with Gasteiger partial charge in [-0.3, -0.25) is 9.79 Å². The molecule has 5 nitrogen and oxygen atoms in total. The minimum absolute atomic E-state index is 0.0766. The highest BCUT2D eigenvalue weighted by Gasteiger charge is 2.03. The molecule has 0 aromatic heterocycles. The van der Waals surface area contributed by atoms with Crippen LogP contribution >= 0.6 is 0 Å². The quantitative estimate of drug-likeness (QED) is 0.345. The van der Waals surface area contributed by atoms with E-state index in [1.165, 1.54) is 18.6 Å². The summed E-state index contributed by atoms with van der Waals surface area (Å²) >= 11 is 0. The molecule has 0 aliphatic carbocycles. The third kappa shape index (κ3) is 10.4. The largest absolute Gasteiger partial charge is 0.357 e. The number of benzene rings is 1. The number of hydrogen-bond acceptors (Lipinski definition) is 2. The van der Waals surface area contributed by atoms with Crippen LogP contribution in [0.4, 0.5) is 4.39 Å². The second kappa shape index (κ2) is 12.3. The van der Waals surface area contributed by atoms with Crippen LogP contribution in [-0.4, -0.2) is 38.0 Å². The number of amides is 1. The summed E-state index contributed by atoms with van der Waals surface area (Å²) in [4.78, 5) is 16.4.